The van der Waals surface area contributed by atoms with Gasteiger partial charge in [-0.05, 0) is 42.5 Å². The van der Waals surface area contributed by atoms with Crippen LogP contribution in [0, 0.1) is 0 Å². The molecular weight excluding hydrogens is 412 g/mol. The monoisotopic (exact) mass is 424 g/mol. The fourth-order valence-electron chi connectivity index (χ4n) is 2.84. The Labute approximate surface area is 162 Å². The summed E-state index contributed by atoms with van der Waals surface area (Å²) < 4.78 is 0.876. The second-order valence-corrected chi connectivity index (χ2v) is 6.91. The summed E-state index contributed by atoms with van der Waals surface area (Å²) in [6, 6.07) is 11.9. The highest BCUT2D eigenvalue weighted by Crippen LogP contribution is 2.35. The lowest BCUT2D eigenvalue weighted by atomic mass is 10.1. The Hall–Kier alpha value is -3.26. The lowest BCUT2D eigenvalue weighted by Gasteiger charge is -2.11. The van der Waals surface area contributed by atoms with Gasteiger partial charge in [0, 0.05) is 27.5 Å². The Morgan fingerprint density at radius 3 is 2.70 bits per heavy atom. The van der Waals surface area contributed by atoms with Crippen LogP contribution in [-0.2, 0) is 11.2 Å². The molecule has 27 heavy (non-hydrogen) atoms. The zero-order valence-corrected chi connectivity index (χ0v) is 15.4. The van der Waals surface area contributed by atoms with Crippen LogP contribution in [0.3, 0.4) is 0 Å². The van der Waals surface area contributed by atoms with Crippen molar-refractivity contribution in [2.24, 2.45) is 0 Å². The summed E-state index contributed by atoms with van der Waals surface area (Å²) >= 11 is 3.45. The first-order valence-corrected chi connectivity index (χ1v) is 8.85. The maximum absolute atomic E-state index is 12.1. The number of hydrogen-bond donors (Lipinski definition) is 3. The van der Waals surface area contributed by atoms with Crippen LogP contribution in [-0.4, -0.2) is 27.0 Å². The van der Waals surface area contributed by atoms with Crippen molar-refractivity contribution >= 4 is 45.1 Å². The maximum Gasteiger partial charge on any atom is 0.335 e. The van der Waals surface area contributed by atoms with Crippen LogP contribution >= 0.6 is 15.9 Å². The van der Waals surface area contributed by atoms with Crippen molar-refractivity contribution < 1.29 is 14.7 Å². The largest absolute Gasteiger partial charge is 0.478 e. The minimum Gasteiger partial charge on any atom is -0.478 e. The summed E-state index contributed by atoms with van der Waals surface area (Å²) in [4.78, 5) is 31.9. The Morgan fingerprint density at radius 1 is 1.19 bits per heavy atom. The van der Waals surface area contributed by atoms with E-state index in [2.05, 4.69) is 36.5 Å². The molecule has 3 aromatic rings. The predicted octanol–water partition coefficient (Wildman–Crippen LogP) is 3.84. The normalized spacial score (nSPS) is 12.4. The highest BCUT2D eigenvalue weighted by molar-refractivity contribution is 9.10. The van der Waals surface area contributed by atoms with E-state index in [-0.39, 0.29) is 17.9 Å². The van der Waals surface area contributed by atoms with Gasteiger partial charge in [-0.15, -0.1) is 0 Å². The summed E-state index contributed by atoms with van der Waals surface area (Å²) in [6.45, 7) is 0. The van der Waals surface area contributed by atoms with Gasteiger partial charge < -0.3 is 15.7 Å². The first-order chi connectivity index (χ1) is 13.0. The highest BCUT2D eigenvalue weighted by Gasteiger charge is 2.21. The van der Waals surface area contributed by atoms with Crippen LogP contribution in [0.5, 0.6) is 0 Å². The maximum atomic E-state index is 12.1. The van der Waals surface area contributed by atoms with Crippen LogP contribution in [0.2, 0.25) is 0 Å². The molecule has 0 aliphatic carbocycles. The van der Waals surface area contributed by atoms with Gasteiger partial charge in [-0.2, -0.15) is 0 Å². The van der Waals surface area contributed by atoms with Crippen molar-refractivity contribution in [3.63, 3.8) is 0 Å². The summed E-state index contributed by atoms with van der Waals surface area (Å²) in [5, 5.41) is 14.9. The first-order valence-electron chi connectivity index (χ1n) is 8.06. The molecule has 0 fully saturated rings. The summed E-state index contributed by atoms with van der Waals surface area (Å²) in [7, 11) is 0. The van der Waals surface area contributed by atoms with Gasteiger partial charge in [0.25, 0.3) is 0 Å². The Bertz CT molecular complexity index is 1070. The van der Waals surface area contributed by atoms with Crippen LogP contribution < -0.4 is 10.6 Å². The third-order valence-electron chi connectivity index (χ3n) is 4.11. The molecule has 0 bridgehead atoms. The van der Waals surface area contributed by atoms with Gasteiger partial charge in [0.05, 0.1) is 23.4 Å². The number of benzene rings is 2. The number of fused-ring (bicyclic) bond motifs is 3. The molecule has 1 aliphatic rings. The van der Waals surface area contributed by atoms with E-state index in [0.29, 0.717) is 23.0 Å². The molecule has 2 heterocycles. The number of nitrogens with zero attached hydrogens (tertiary/aromatic N) is 2. The number of nitrogens with one attached hydrogen (secondary N) is 2. The molecular formula is C19H13BrN4O3. The number of aromatic nitrogens is 2. The molecule has 0 atom stereocenters. The van der Waals surface area contributed by atoms with Gasteiger partial charge in [-0.25, -0.2) is 14.8 Å². The first kappa shape index (κ1) is 17.2. The van der Waals surface area contributed by atoms with E-state index >= 15 is 0 Å². The Balaban J connectivity index is 1.72. The molecule has 2 aromatic carbocycles. The van der Waals surface area contributed by atoms with Gasteiger partial charge in [-0.1, -0.05) is 15.9 Å². The van der Waals surface area contributed by atoms with Crippen molar-refractivity contribution in [3.05, 3.63) is 64.3 Å². The second kappa shape index (κ2) is 6.81. The van der Waals surface area contributed by atoms with Crippen molar-refractivity contribution in [2.45, 2.75) is 6.42 Å². The minimum absolute atomic E-state index is 0.120. The zero-order valence-electron chi connectivity index (χ0n) is 13.9. The van der Waals surface area contributed by atoms with Gasteiger partial charge >= 0.3 is 5.97 Å². The van der Waals surface area contributed by atoms with E-state index in [1.807, 2.05) is 18.2 Å². The molecule has 8 heteroatoms. The standard InChI is InChI=1S/C19H13BrN4O3/c20-12-3-6-15-14(8-12)17-11(7-16(25)23-15)9-21-19(24-17)22-13-4-1-10(2-5-13)18(26)27/h1-6,8-9H,7H2,(H,23,25)(H,26,27)(H,21,22,24). The fourth-order valence-corrected chi connectivity index (χ4v) is 3.20. The number of carbonyl (C=O) groups is 2. The fraction of sp³-hybridized carbons (Fsp3) is 0.0526. The van der Waals surface area contributed by atoms with E-state index in [0.717, 1.165) is 15.6 Å². The second-order valence-electron chi connectivity index (χ2n) is 5.99. The van der Waals surface area contributed by atoms with E-state index < -0.39 is 5.97 Å². The third kappa shape index (κ3) is 3.52. The van der Waals surface area contributed by atoms with Crippen molar-refractivity contribution in [3.8, 4) is 11.3 Å². The molecule has 1 amide bonds. The van der Waals surface area contributed by atoms with Crippen molar-refractivity contribution in [1.82, 2.24) is 9.97 Å². The highest BCUT2D eigenvalue weighted by atomic mass is 79.9. The SMILES string of the molecule is O=C1Cc2cnc(Nc3ccc(C(=O)O)cc3)nc2-c2cc(Br)ccc2N1. The van der Waals surface area contributed by atoms with Crippen LogP contribution in [0.4, 0.5) is 17.3 Å². The van der Waals surface area contributed by atoms with Crippen molar-refractivity contribution in [1.29, 1.82) is 0 Å². The number of rotatable bonds is 3. The number of carboxylic acid groups (broad SMARTS) is 1. The van der Waals surface area contributed by atoms with E-state index in [1.165, 1.54) is 12.1 Å². The van der Waals surface area contributed by atoms with E-state index in [9.17, 15) is 9.59 Å². The summed E-state index contributed by atoms with van der Waals surface area (Å²) in [6.07, 6.45) is 1.82. The predicted molar refractivity (Wildman–Crippen MR) is 104 cm³/mol. The molecule has 3 N–H and O–H groups in total. The molecule has 1 aromatic heterocycles. The molecule has 0 saturated heterocycles. The number of anilines is 3. The van der Waals surface area contributed by atoms with E-state index in [4.69, 9.17) is 5.11 Å². The lowest BCUT2D eigenvalue weighted by Crippen LogP contribution is -2.12. The summed E-state index contributed by atoms with van der Waals surface area (Å²) in [5.41, 5.74) is 3.76. The van der Waals surface area contributed by atoms with Gasteiger partial charge in [0.15, 0.2) is 0 Å². The van der Waals surface area contributed by atoms with Gasteiger partial charge in [0.2, 0.25) is 11.9 Å². The molecule has 1 aliphatic heterocycles. The number of aromatic carboxylic acids is 1. The lowest BCUT2D eigenvalue weighted by molar-refractivity contribution is -0.115. The van der Waals surface area contributed by atoms with Crippen LogP contribution in [0.25, 0.3) is 11.3 Å². The summed E-state index contributed by atoms with van der Waals surface area (Å²) in [5.74, 6) is -0.745. The van der Waals surface area contributed by atoms with Crippen LogP contribution in [0.15, 0.2) is 53.1 Å². The smallest absolute Gasteiger partial charge is 0.335 e. The molecule has 7 nitrogen and oxygen atoms in total. The molecule has 0 unspecified atom stereocenters. The molecule has 0 saturated carbocycles. The molecule has 0 spiro atoms. The Morgan fingerprint density at radius 2 is 1.96 bits per heavy atom. The number of carboxylic acids is 1. The van der Waals surface area contributed by atoms with E-state index in [1.54, 1.807) is 18.3 Å². The van der Waals surface area contributed by atoms with Gasteiger partial charge in [0.1, 0.15) is 0 Å². The van der Waals surface area contributed by atoms with Crippen molar-refractivity contribution in [2.75, 3.05) is 10.6 Å². The number of carbonyl (C=O) groups excluding carboxylic acids is 1. The molecule has 134 valence electrons. The number of halogens is 1. The minimum atomic E-state index is -0.984. The topological polar surface area (TPSA) is 104 Å². The third-order valence-corrected chi connectivity index (χ3v) is 4.61. The van der Waals surface area contributed by atoms with Crippen LogP contribution in [0.1, 0.15) is 15.9 Å². The zero-order chi connectivity index (χ0) is 19.0. The quantitative estimate of drug-likeness (QED) is 0.589. The number of hydrogen-bond acceptors (Lipinski definition) is 5. The number of amides is 1. The molecule has 0 radical (unpaired) electrons. The van der Waals surface area contributed by atoms with Gasteiger partial charge in [-0.3, -0.25) is 4.79 Å². The average Bonchev–Trinajstić information content (AvgIpc) is 2.78. The Kier molecular flexibility index (Phi) is 4.33. The average molecular weight is 425 g/mol. The molecule has 4 rings (SSSR count).